The molecule has 30 heavy (non-hydrogen) atoms. The molecule has 2 aromatic rings. The van der Waals surface area contributed by atoms with Gasteiger partial charge in [0.05, 0.1) is 12.2 Å². The summed E-state index contributed by atoms with van der Waals surface area (Å²) in [4.78, 5) is 0. The molecule has 1 unspecified atom stereocenters. The first kappa shape index (κ1) is 20.4. The van der Waals surface area contributed by atoms with Crippen LogP contribution in [0.2, 0.25) is 5.04 Å². The number of ether oxygens (including phenoxy) is 2. The Morgan fingerprint density at radius 2 is 1.43 bits per heavy atom. The van der Waals surface area contributed by atoms with Crippen molar-refractivity contribution in [3.63, 3.8) is 0 Å². The van der Waals surface area contributed by atoms with Gasteiger partial charge in [0.25, 0.3) is 8.32 Å². The summed E-state index contributed by atoms with van der Waals surface area (Å²) >= 11 is 0. The van der Waals surface area contributed by atoms with Crippen molar-refractivity contribution < 1.29 is 24.1 Å². The molecule has 2 N–H and O–H groups in total. The van der Waals surface area contributed by atoms with Crippen molar-refractivity contribution in [2.75, 3.05) is 6.61 Å². The summed E-state index contributed by atoms with van der Waals surface area (Å²) in [6.45, 7) is 6.68. The predicted molar refractivity (Wildman–Crippen MR) is 116 cm³/mol. The second kappa shape index (κ2) is 7.26. The van der Waals surface area contributed by atoms with Gasteiger partial charge in [0.1, 0.15) is 12.2 Å². The van der Waals surface area contributed by atoms with Crippen LogP contribution in [0.25, 0.3) is 0 Å². The van der Waals surface area contributed by atoms with Gasteiger partial charge in [0.2, 0.25) is 0 Å². The lowest BCUT2D eigenvalue weighted by Gasteiger charge is -2.46. The maximum absolute atomic E-state index is 10.5. The lowest BCUT2D eigenvalue weighted by atomic mass is 9.79. The first-order chi connectivity index (χ1) is 14.4. The third-order valence-corrected chi connectivity index (χ3v) is 12.2. The highest BCUT2D eigenvalue weighted by atomic mass is 28.4. The van der Waals surface area contributed by atoms with Gasteiger partial charge in [-0.2, -0.15) is 0 Å². The third kappa shape index (κ3) is 2.79. The van der Waals surface area contributed by atoms with Crippen LogP contribution in [0.1, 0.15) is 20.8 Å². The summed E-state index contributed by atoms with van der Waals surface area (Å²) in [5, 5.41) is 22.7. The molecule has 2 bridgehead atoms. The molecule has 3 fully saturated rings. The smallest absolute Gasteiger partial charge is 0.261 e. The average molecular weight is 427 g/mol. The Morgan fingerprint density at radius 1 is 0.867 bits per heavy atom. The monoisotopic (exact) mass is 426 g/mol. The van der Waals surface area contributed by atoms with E-state index in [1.54, 1.807) is 0 Å². The Hall–Kier alpha value is -1.54. The van der Waals surface area contributed by atoms with Gasteiger partial charge < -0.3 is 24.1 Å². The second-order valence-electron chi connectivity index (χ2n) is 9.73. The first-order valence-electron chi connectivity index (χ1n) is 10.8. The molecule has 160 valence electrons. The molecule has 0 spiro atoms. The Labute approximate surface area is 178 Å². The molecule has 0 aliphatic carbocycles. The van der Waals surface area contributed by atoms with Crippen LogP contribution in [0.5, 0.6) is 0 Å². The van der Waals surface area contributed by atoms with E-state index < -0.39 is 14.6 Å². The molecule has 2 aromatic carbocycles. The molecular formula is C24H30O5Si. The molecule has 3 aliphatic rings. The topological polar surface area (TPSA) is 68.2 Å². The zero-order valence-corrected chi connectivity index (χ0v) is 18.6. The molecule has 0 radical (unpaired) electrons. The van der Waals surface area contributed by atoms with E-state index in [4.69, 9.17) is 13.9 Å². The van der Waals surface area contributed by atoms with E-state index >= 15 is 0 Å². The fourth-order valence-corrected chi connectivity index (χ4v) is 10.6. The van der Waals surface area contributed by atoms with Crippen molar-refractivity contribution in [3.05, 3.63) is 60.7 Å². The van der Waals surface area contributed by atoms with E-state index in [0.29, 0.717) is 0 Å². The Kier molecular flexibility index (Phi) is 4.93. The van der Waals surface area contributed by atoms with Crippen LogP contribution in [-0.2, 0) is 13.9 Å². The number of hydrogen-bond donors (Lipinski definition) is 2. The number of aliphatic hydroxyl groups excluding tert-OH is 2. The fraction of sp³-hybridized carbons (Fsp3) is 0.500. The van der Waals surface area contributed by atoms with Crippen LogP contribution in [-0.4, -0.2) is 55.8 Å². The van der Waals surface area contributed by atoms with E-state index in [2.05, 4.69) is 69.3 Å². The molecule has 3 aliphatic heterocycles. The second-order valence-corrected chi connectivity index (χ2v) is 14.0. The molecule has 5 rings (SSSR count). The maximum Gasteiger partial charge on any atom is 0.261 e. The van der Waals surface area contributed by atoms with Crippen molar-refractivity contribution >= 4 is 18.7 Å². The maximum atomic E-state index is 10.5. The predicted octanol–water partition coefficient (Wildman–Crippen LogP) is 1.65. The van der Waals surface area contributed by atoms with Gasteiger partial charge >= 0.3 is 0 Å². The summed E-state index contributed by atoms with van der Waals surface area (Å²) in [6, 6.07) is 21.0. The van der Waals surface area contributed by atoms with E-state index in [0.717, 1.165) is 0 Å². The molecule has 0 amide bonds. The lowest BCUT2D eigenvalue weighted by molar-refractivity contribution is -0.119. The summed E-state index contributed by atoms with van der Waals surface area (Å²) < 4.78 is 19.4. The molecule has 0 saturated carbocycles. The summed E-state index contributed by atoms with van der Waals surface area (Å²) in [7, 11) is -2.78. The Bertz CT molecular complexity index is 844. The van der Waals surface area contributed by atoms with E-state index in [1.165, 1.54) is 10.4 Å². The van der Waals surface area contributed by atoms with Gasteiger partial charge in [-0.1, -0.05) is 81.4 Å². The molecule has 6 heteroatoms. The van der Waals surface area contributed by atoms with Crippen molar-refractivity contribution in [1.29, 1.82) is 0 Å². The van der Waals surface area contributed by atoms with Crippen molar-refractivity contribution in [2.45, 2.75) is 56.5 Å². The van der Waals surface area contributed by atoms with Gasteiger partial charge in [-0.15, -0.1) is 0 Å². The molecular weight excluding hydrogens is 396 g/mol. The number of hydrogen-bond acceptors (Lipinski definition) is 5. The molecule has 3 heterocycles. The summed E-state index contributed by atoms with van der Waals surface area (Å²) in [6.07, 6.45) is -2.03. The van der Waals surface area contributed by atoms with Crippen LogP contribution < -0.4 is 10.4 Å². The van der Waals surface area contributed by atoms with Crippen LogP contribution in [0.15, 0.2) is 60.7 Å². The minimum absolute atomic E-state index is 0.0421. The van der Waals surface area contributed by atoms with Gasteiger partial charge in [-0.3, -0.25) is 0 Å². The highest BCUT2D eigenvalue weighted by molar-refractivity contribution is 6.99. The van der Waals surface area contributed by atoms with Crippen LogP contribution in [0, 0.1) is 11.8 Å². The molecule has 5 nitrogen and oxygen atoms in total. The SMILES string of the molecule is CC(C)(C)[Si](O[C@@H]1[C@H]2OC(O)[C@H]3[C@H](CO)[C@@H]1O[C@@H]23)(c1ccccc1)c1ccccc1. The average Bonchev–Trinajstić information content (AvgIpc) is 3.35. The number of aliphatic hydroxyl groups is 2. The van der Waals surface area contributed by atoms with Crippen molar-refractivity contribution in [3.8, 4) is 0 Å². The zero-order valence-electron chi connectivity index (χ0n) is 17.6. The van der Waals surface area contributed by atoms with E-state index in [1.807, 2.05) is 12.1 Å². The largest absolute Gasteiger partial charge is 0.399 e. The van der Waals surface area contributed by atoms with E-state index in [9.17, 15) is 10.2 Å². The molecule has 3 saturated heterocycles. The Morgan fingerprint density at radius 3 is 1.93 bits per heavy atom. The van der Waals surface area contributed by atoms with Crippen LogP contribution in [0.3, 0.4) is 0 Å². The summed E-state index contributed by atoms with van der Waals surface area (Å²) in [5.41, 5.74) is 0. The number of fused-ring (bicyclic) bond motifs is 1. The highest BCUT2D eigenvalue weighted by Crippen LogP contribution is 2.53. The highest BCUT2D eigenvalue weighted by Gasteiger charge is 2.69. The fourth-order valence-electron chi connectivity index (χ4n) is 5.86. The van der Waals surface area contributed by atoms with Crippen LogP contribution in [0.4, 0.5) is 0 Å². The van der Waals surface area contributed by atoms with Crippen LogP contribution >= 0.6 is 0 Å². The zero-order chi connectivity index (χ0) is 21.1. The molecule has 7 atom stereocenters. The van der Waals surface area contributed by atoms with Crippen molar-refractivity contribution in [1.82, 2.24) is 0 Å². The Balaban J connectivity index is 1.64. The normalized spacial score (nSPS) is 35.2. The first-order valence-corrected chi connectivity index (χ1v) is 12.7. The van der Waals surface area contributed by atoms with E-state index in [-0.39, 0.29) is 47.9 Å². The standard InChI is InChI=1S/C24H30O5Si/c1-24(2,3)30(15-10-6-4-7-11-15,16-12-8-5-9-13-16)29-22-19-17(14-25)18-20(27-19)21(22)28-23(18)26/h4-13,17-23,25-26H,14H2,1-3H3/t17-,18-,19-,20+,21-,22-,23?/m0/s1. The molecule has 0 aromatic heterocycles. The number of rotatable bonds is 5. The summed E-state index contributed by atoms with van der Waals surface area (Å²) in [5.74, 6) is -0.351. The third-order valence-electron chi connectivity index (χ3n) is 7.15. The van der Waals surface area contributed by atoms with Gasteiger partial charge in [-0.05, 0) is 15.4 Å². The minimum atomic E-state index is -2.78. The number of benzene rings is 2. The van der Waals surface area contributed by atoms with Gasteiger partial charge in [0.15, 0.2) is 6.29 Å². The lowest BCUT2D eigenvalue weighted by Crippen LogP contribution is -2.69. The van der Waals surface area contributed by atoms with Gasteiger partial charge in [0, 0.05) is 18.4 Å². The quantitative estimate of drug-likeness (QED) is 0.712. The van der Waals surface area contributed by atoms with Gasteiger partial charge in [-0.25, -0.2) is 0 Å². The minimum Gasteiger partial charge on any atom is -0.399 e. The van der Waals surface area contributed by atoms with Crippen molar-refractivity contribution in [2.24, 2.45) is 11.8 Å².